The van der Waals surface area contributed by atoms with Crippen LogP contribution >= 0.6 is 11.3 Å². The van der Waals surface area contributed by atoms with Crippen molar-refractivity contribution in [2.75, 3.05) is 36.9 Å². The number of hydrogen-bond acceptors (Lipinski definition) is 8. The number of carbonyl (C=O) groups excluding carboxylic acids is 1. The Balaban J connectivity index is 1.55. The maximum atomic E-state index is 14.8. The molecule has 0 radical (unpaired) electrons. The van der Waals surface area contributed by atoms with E-state index in [1.807, 2.05) is 0 Å². The van der Waals surface area contributed by atoms with Crippen molar-refractivity contribution >= 4 is 28.6 Å². The third-order valence-electron chi connectivity index (χ3n) is 6.61. The summed E-state index contributed by atoms with van der Waals surface area (Å²) in [5.41, 5.74) is -0.499. The Hall–Kier alpha value is -4.10. The number of alkyl halides is 3. The summed E-state index contributed by atoms with van der Waals surface area (Å²) in [4.78, 5) is 19.3. The molecule has 41 heavy (non-hydrogen) atoms. The van der Waals surface area contributed by atoms with Crippen LogP contribution in [-0.2, 0) is 6.18 Å². The lowest BCUT2D eigenvalue weighted by Gasteiger charge is -2.37. The number of thiazole rings is 1. The number of nitrogens with zero attached hydrogens (tertiary/aromatic N) is 4. The summed E-state index contributed by atoms with van der Waals surface area (Å²) in [5, 5.41) is 15.4. The molecule has 214 valence electrons. The van der Waals surface area contributed by atoms with Gasteiger partial charge >= 0.3 is 6.18 Å². The number of ether oxygens (including phenoxy) is 1. The van der Waals surface area contributed by atoms with E-state index in [9.17, 15) is 22.4 Å². The molecule has 0 bridgehead atoms. The van der Waals surface area contributed by atoms with Crippen molar-refractivity contribution in [3.05, 3.63) is 77.3 Å². The highest BCUT2D eigenvalue weighted by Crippen LogP contribution is 2.48. The van der Waals surface area contributed by atoms with Gasteiger partial charge in [-0.1, -0.05) is 0 Å². The first-order chi connectivity index (χ1) is 19.7. The van der Waals surface area contributed by atoms with E-state index < -0.39 is 29.2 Å². The zero-order chi connectivity index (χ0) is 29.0. The molecule has 1 fully saturated rings. The molecular weight excluding hydrogens is 560 g/mol. The van der Waals surface area contributed by atoms with Crippen LogP contribution in [0.1, 0.15) is 28.9 Å². The molecule has 1 aliphatic rings. The highest BCUT2D eigenvalue weighted by Gasteiger charge is 2.41. The fourth-order valence-corrected chi connectivity index (χ4v) is 5.62. The fraction of sp³-hybridized carbons (Fsp3) is 0.286. The highest BCUT2D eigenvalue weighted by molar-refractivity contribution is 7.13. The van der Waals surface area contributed by atoms with Gasteiger partial charge in [0.2, 0.25) is 0 Å². The Morgan fingerprint density at radius 3 is 2.66 bits per heavy atom. The van der Waals surface area contributed by atoms with Gasteiger partial charge < -0.3 is 20.3 Å². The fourth-order valence-electron chi connectivity index (χ4n) is 4.83. The van der Waals surface area contributed by atoms with Crippen LogP contribution in [0.25, 0.3) is 10.6 Å². The van der Waals surface area contributed by atoms with Crippen molar-refractivity contribution in [1.82, 2.24) is 20.5 Å². The van der Waals surface area contributed by atoms with Crippen molar-refractivity contribution in [3.8, 4) is 22.1 Å². The molecular formula is C28H26F4N6O2S. The first-order valence-electron chi connectivity index (χ1n) is 12.8. The number of amides is 1. The summed E-state index contributed by atoms with van der Waals surface area (Å²) < 4.78 is 63.4. The third kappa shape index (κ3) is 6.63. The second-order valence-electron chi connectivity index (χ2n) is 9.52. The van der Waals surface area contributed by atoms with Gasteiger partial charge in [-0.2, -0.15) is 23.4 Å². The second-order valence-corrected chi connectivity index (χ2v) is 10.4. The molecule has 13 heteroatoms. The molecule has 8 nitrogen and oxygen atoms in total. The van der Waals surface area contributed by atoms with Gasteiger partial charge in [0.25, 0.3) is 5.91 Å². The molecule has 0 unspecified atom stereocenters. The predicted molar refractivity (Wildman–Crippen MR) is 148 cm³/mol. The SMILES string of the molecule is CNC[C@@H]1CCCN(c2c(NC(=O)c3csc(-c4ccnnc4)n3)ccc(Oc3ccc(F)cc3)c2C(F)(F)F)C1. The molecule has 5 rings (SSSR count). The zero-order valence-electron chi connectivity index (χ0n) is 21.9. The van der Waals surface area contributed by atoms with Gasteiger partial charge in [-0.05, 0) is 74.8 Å². The van der Waals surface area contributed by atoms with Gasteiger partial charge in [-0.3, -0.25) is 4.79 Å². The Labute approximate surface area is 237 Å². The van der Waals surface area contributed by atoms with Crippen LogP contribution in [-0.4, -0.2) is 47.8 Å². The molecule has 1 amide bonds. The van der Waals surface area contributed by atoms with E-state index in [4.69, 9.17) is 4.74 Å². The minimum Gasteiger partial charge on any atom is -0.457 e. The number of piperidine rings is 1. The summed E-state index contributed by atoms with van der Waals surface area (Å²) in [6.07, 6.45) is -0.292. The van der Waals surface area contributed by atoms with Gasteiger partial charge in [-0.25, -0.2) is 9.37 Å². The number of carbonyl (C=O) groups is 1. The van der Waals surface area contributed by atoms with Crippen molar-refractivity contribution < 1.29 is 27.1 Å². The van der Waals surface area contributed by atoms with Crippen LogP contribution < -0.4 is 20.3 Å². The summed E-state index contributed by atoms with van der Waals surface area (Å²) in [6, 6.07) is 8.97. The Bertz CT molecular complexity index is 1500. The molecule has 4 aromatic rings. The zero-order valence-corrected chi connectivity index (χ0v) is 22.7. The van der Waals surface area contributed by atoms with E-state index in [-0.39, 0.29) is 28.7 Å². The van der Waals surface area contributed by atoms with Crippen LogP contribution in [0.3, 0.4) is 0 Å². The lowest BCUT2D eigenvalue weighted by Crippen LogP contribution is -2.40. The number of hydrogen-bond donors (Lipinski definition) is 2. The van der Waals surface area contributed by atoms with Gasteiger partial charge in [0.1, 0.15) is 33.6 Å². The molecule has 2 N–H and O–H groups in total. The monoisotopic (exact) mass is 586 g/mol. The quantitative estimate of drug-likeness (QED) is 0.236. The van der Waals surface area contributed by atoms with Crippen LogP contribution in [0.5, 0.6) is 11.5 Å². The Morgan fingerprint density at radius 1 is 1.15 bits per heavy atom. The molecule has 1 saturated heterocycles. The lowest BCUT2D eigenvalue weighted by molar-refractivity contribution is -0.138. The van der Waals surface area contributed by atoms with Crippen molar-refractivity contribution in [2.24, 2.45) is 5.92 Å². The molecule has 2 aromatic carbocycles. The molecule has 2 aromatic heterocycles. The number of anilines is 2. The summed E-state index contributed by atoms with van der Waals surface area (Å²) in [5.74, 6) is -1.49. The van der Waals surface area contributed by atoms with E-state index >= 15 is 0 Å². The molecule has 0 spiro atoms. The minimum absolute atomic E-state index is 0.0148. The standard InChI is InChI=1S/C28H26F4N6O2S/c1-33-13-17-3-2-12-38(15-17)25-21(36-26(39)22-16-41-27(37-22)18-10-11-34-35-14-18)8-9-23(24(25)28(30,31)32)40-20-6-4-19(29)5-7-20/h4-11,14,16-17,33H,2-3,12-13,15H2,1H3,(H,36,39)/t17-/m0/s1. The molecule has 3 heterocycles. The van der Waals surface area contributed by atoms with E-state index in [2.05, 4.69) is 25.8 Å². The average molecular weight is 587 g/mol. The largest absolute Gasteiger partial charge is 0.457 e. The minimum atomic E-state index is -4.83. The molecule has 1 atom stereocenters. The second kappa shape index (κ2) is 12.2. The lowest BCUT2D eigenvalue weighted by atomic mass is 9.96. The third-order valence-corrected chi connectivity index (χ3v) is 7.50. The van der Waals surface area contributed by atoms with Crippen LogP contribution in [0.2, 0.25) is 0 Å². The normalized spacial score (nSPS) is 15.5. The number of rotatable bonds is 8. The molecule has 1 aliphatic heterocycles. The van der Waals surface area contributed by atoms with Crippen LogP contribution in [0.15, 0.2) is 60.2 Å². The summed E-state index contributed by atoms with van der Waals surface area (Å²) in [7, 11) is 1.80. The predicted octanol–water partition coefficient (Wildman–Crippen LogP) is 6.24. The number of aromatic nitrogens is 3. The Morgan fingerprint density at radius 2 is 1.95 bits per heavy atom. The average Bonchev–Trinajstić information content (AvgIpc) is 3.46. The van der Waals surface area contributed by atoms with Crippen molar-refractivity contribution in [1.29, 1.82) is 0 Å². The Kier molecular flexibility index (Phi) is 8.45. The van der Waals surface area contributed by atoms with E-state index in [0.29, 0.717) is 36.6 Å². The van der Waals surface area contributed by atoms with Gasteiger partial charge in [0, 0.05) is 24.0 Å². The van der Waals surface area contributed by atoms with Gasteiger partial charge in [0.15, 0.2) is 0 Å². The van der Waals surface area contributed by atoms with E-state index in [1.165, 1.54) is 47.3 Å². The number of benzene rings is 2. The van der Waals surface area contributed by atoms with Crippen molar-refractivity contribution in [3.63, 3.8) is 0 Å². The maximum absolute atomic E-state index is 14.8. The molecule has 0 saturated carbocycles. The number of halogens is 4. The van der Waals surface area contributed by atoms with Crippen LogP contribution in [0, 0.1) is 11.7 Å². The van der Waals surface area contributed by atoms with Gasteiger partial charge in [0.05, 0.1) is 23.8 Å². The smallest absolute Gasteiger partial charge is 0.422 e. The first-order valence-corrected chi connectivity index (χ1v) is 13.7. The molecule has 0 aliphatic carbocycles. The van der Waals surface area contributed by atoms with E-state index in [0.717, 1.165) is 24.6 Å². The van der Waals surface area contributed by atoms with E-state index in [1.54, 1.807) is 18.0 Å². The van der Waals surface area contributed by atoms with Crippen molar-refractivity contribution in [2.45, 2.75) is 19.0 Å². The summed E-state index contributed by atoms with van der Waals surface area (Å²) in [6.45, 7) is 1.35. The summed E-state index contributed by atoms with van der Waals surface area (Å²) >= 11 is 1.21. The first kappa shape index (κ1) is 28.4. The maximum Gasteiger partial charge on any atom is 0.422 e. The van der Waals surface area contributed by atoms with Gasteiger partial charge in [-0.15, -0.1) is 11.3 Å². The topological polar surface area (TPSA) is 92.3 Å². The highest BCUT2D eigenvalue weighted by atomic mass is 32.1. The number of nitrogens with one attached hydrogen (secondary N) is 2. The van der Waals surface area contributed by atoms with Crippen LogP contribution in [0.4, 0.5) is 28.9 Å².